The molecule has 1 heterocycles. The van der Waals surface area contributed by atoms with Gasteiger partial charge in [-0.15, -0.1) is 0 Å². The van der Waals surface area contributed by atoms with Gasteiger partial charge in [0.2, 0.25) is 0 Å². The van der Waals surface area contributed by atoms with Crippen molar-refractivity contribution in [3.63, 3.8) is 0 Å². The van der Waals surface area contributed by atoms with E-state index in [4.69, 9.17) is 11.6 Å². The molecule has 1 aromatic heterocycles. The number of hydrogen-bond donors (Lipinski definition) is 1. The minimum Gasteiger partial charge on any atom is -0.349 e. The van der Waals surface area contributed by atoms with Gasteiger partial charge in [0.05, 0.1) is 10.5 Å². The molecule has 1 aliphatic rings. The first kappa shape index (κ1) is 14.7. The Morgan fingerprint density at radius 1 is 1.65 bits per heavy atom. The highest BCUT2D eigenvalue weighted by Crippen LogP contribution is 2.34. The summed E-state index contributed by atoms with van der Waals surface area (Å²) in [4.78, 5) is 26.0. The maximum atomic E-state index is 12.2. The number of halogens is 1. The van der Waals surface area contributed by atoms with Gasteiger partial charge in [0.15, 0.2) is 0 Å². The number of carbonyl (C=O) groups excluding carboxylic acids is 1. The van der Waals surface area contributed by atoms with Gasteiger partial charge in [0.25, 0.3) is 11.6 Å². The Hall–Kier alpha value is -1.69. The number of nitrogens with one attached hydrogen (secondary N) is 1. The molecule has 0 radical (unpaired) electrons. The molecule has 1 N–H and O–H groups in total. The number of aromatic nitrogens is 1. The van der Waals surface area contributed by atoms with Crippen molar-refractivity contribution in [3.8, 4) is 0 Å². The fourth-order valence-corrected chi connectivity index (χ4v) is 2.23. The van der Waals surface area contributed by atoms with Crippen molar-refractivity contribution in [2.45, 2.75) is 38.6 Å². The number of nitrogens with zero attached hydrogens (tertiary/aromatic N) is 2. The van der Waals surface area contributed by atoms with Crippen molar-refractivity contribution in [1.82, 2.24) is 10.3 Å². The largest absolute Gasteiger partial charge is 0.349 e. The summed E-state index contributed by atoms with van der Waals surface area (Å²) in [6.45, 7) is 2.00. The van der Waals surface area contributed by atoms with Crippen LogP contribution in [0.15, 0.2) is 12.3 Å². The number of rotatable bonds is 6. The minimum atomic E-state index is -0.596. The van der Waals surface area contributed by atoms with E-state index in [1.165, 1.54) is 12.8 Å². The Morgan fingerprint density at radius 3 is 2.90 bits per heavy atom. The highest BCUT2D eigenvalue weighted by atomic mass is 35.5. The molecule has 1 atom stereocenters. The number of pyridine rings is 1. The van der Waals surface area contributed by atoms with E-state index in [1.54, 1.807) is 0 Å². The summed E-state index contributed by atoms with van der Waals surface area (Å²) in [6.07, 6.45) is 5.24. The van der Waals surface area contributed by atoms with Crippen LogP contribution in [-0.2, 0) is 0 Å². The lowest BCUT2D eigenvalue weighted by Crippen LogP contribution is -2.35. The monoisotopic (exact) mass is 297 g/mol. The molecule has 0 bridgehead atoms. The summed E-state index contributed by atoms with van der Waals surface area (Å²) < 4.78 is 0. The van der Waals surface area contributed by atoms with Crippen molar-refractivity contribution in [2.24, 2.45) is 5.92 Å². The number of nitro groups is 1. The number of carbonyl (C=O) groups is 1. The van der Waals surface area contributed by atoms with Gasteiger partial charge in [-0.05, 0) is 18.8 Å². The standard InChI is InChI=1S/C13H16ClN3O3/c1-2-9(5-8-3-4-8)16-13(18)11-6-10(17(19)20)7-15-12(11)14/h6-9H,2-5H2,1H3,(H,16,18). The first-order chi connectivity index (χ1) is 9.51. The summed E-state index contributed by atoms with van der Waals surface area (Å²) in [5.74, 6) is 0.289. The van der Waals surface area contributed by atoms with E-state index >= 15 is 0 Å². The molecule has 1 aromatic rings. The maximum Gasteiger partial charge on any atom is 0.288 e. The third-order valence-electron chi connectivity index (χ3n) is 3.42. The molecular weight excluding hydrogens is 282 g/mol. The zero-order chi connectivity index (χ0) is 14.7. The second-order valence-corrected chi connectivity index (χ2v) is 5.40. The molecule has 7 heteroatoms. The predicted octanol–water partition coefficient (Wildman–Crippen LogP) is 2.95. The zero-order valence-corrected chi connectivity index (χ0v) is 11.9. The highest BCUT2D eigenvalue weighted by Gasteiger charge is 2.26. The molecule has 0 aromatic carbocycles. The summed E-state index contributed by atoms with van der Waals surface area (Å²) in [6, 6.07) is 1.24. The lowest BCUT2D eigenvalue weighted by atomic mass is 10.1. The zero-order valence-electron chi connectivity index (χ0n) is 11.1. The second kappa shape index (κ2) is 6.17. The van der Waals surface area contributed by atoms with Crippen LogP contribution in [0.3, 0.4) is 0 Å². The van der Waals surface area contributed by atoms with E-state index in [1.807, 2.05) is 6.92 Å². The fourth-order valence-electron chi connectivity index (χ4n) is 2.04. The molecular formula is C13H16ClN3O3. The SMILES string of the molecule is CCC(CC1CC1)NC(=O)c1cc([N+](=O)[O-])cnc1Cl. The van der Waals surface area contributed by atoms with Gasteiger partial charge < -0.3 is 5.32 Å². The lowest BCUT2D eigenvalue weighted by Gasteiger charge is -2.16. The van der Waals surface area contributed by atoms with E-state index in [0.717, 1.165) is 25.1 Å². The van der Waals surface area contributed by atoms with E-state index in [0.29, 0.717) is 5.92 Å². The van der Waals surface area contributed by atoms with Gasteiger partial charge in [0.1, 0.15) is 11.3 Å². The average Bonchev–Trinajstić information content (AvgIpc) is 3.21. The van der Waals surface area contributed by atoms with Crippen molar-refractivity contribution < 1.29 is 9.72 Å². The van der Waals surface area contributed by atoms with Gasteiger partial charge in [0, 0.05) is 12.1 Å². The highest BCUT2D eigenvalue weighted by molar-refractivity contribution is 6.32. The van der Waals surface area contributed by atoms with Crippen LogP contribution in [0, 0.1) is 16.0 Å². The Labute approximate surface area is 121 Å². The summed E-state index contributed by atoms with van der Waals surface area (Å²) >= 11 is 5.85. The topological polar surface area (TPSA) is 85.1 Å². The molecule has 1 aliphatic carbocycles. The van der Waals surface area contributed by atoms with Gasteiger partial charge >= 0.3 is 0 Å². The molecule has 1 fully saturated rings. The van der Waals surface area contributed by atoms with Crippen LogP contribution in [0.4, 0.5) is 5.69 Å². The Kier molecular flexibility index (Phi) is 4.54. The maximum absolute atomic E-state index is 12.2. The molecule has 6 nitrogen and oxygen atoms in total. The lowest BCUT2D eigenvalue weighted by molar-refractivity contribution is -0.385. The smallest absolute Gasteiger partial charge is 0.288 e. The summed E-state index contributed by atoms with van der Waals surface area (Å²) in [5.41, 5.74) is -0.190. The van der Waals surface area contributed by atoms with Crippen LogP contribution in [0.5, 0.6) is 0 Å². The molecule has 1 unspecified atom stereocenters. The predicted molar refractivity (Wildman–Crippen MR) is 74.8 cm³/mol. The second-order valence-electron chi connectivity index (χ2n) is 5.05. The Morgan fingerprint density at radius 2 is 2.35 bits per heavy atom. The van der Waals surface area contributed by atoms with Crippen molar-refractivity contribution in [3.05, 3.63) is 33.1 Å². The van der Waals surface area contributed by atoms with Crippen molar-refractivity contribution in [1.29, 1.82) is 0 Å². The quantitative estimate of drug-likeness (QED) is 0.497. The third-order valence-corrected chi connectivity index (χ3v) is 3.72. The molecule has 108 valence electrons. The molecule has 0 spiro atoms. The summed E-state index contributed by atoms with van der Waals surface area (Å²) in [7, 11) is 0. The van der Waals surface area contributed by atoms with Gasteiger partial charge in [-0.3, -0.25) is 14.9 Å². The van der Waals surface area contributed by atoms with E-state index < -0.39 is 10.8 Å². The van der Waals surface area contributed by atoms with Crippen LogP contribution >= 0.6 is 11.6 Å². The first-order valence-electron chi connectivity index (χ1n) is 6.62. The van der Waals surface area contributed by atoms with Crippen LogP contribution in [0.2, 0.25) is 5.15 Å². The van der Waals surface area contributed by atoms with E-state index in [9.17, 15) is 14.9 Å². The minimum absolute atomic E-state index is 0.0191. The molecule has 0 saturated heterocycles. The van der Waals surface area contributed by atoms with Gasteiger partial charge in [-0.25, -0.2) is 4.98 Å². The van der Waals surface area contributed by atoms with E-state index in [-0.39, 0.29) is 22.4 Å². The van der Waals surface area contributed by atoms with Crippen molar-refractivity contribution >= 4 is 23.2 Å². The van der Waals surface area contributed by atoms with Crippen LogP contribution in [0.1, 0.15) is 43.0 Å². The van der Waals surface area contributed by atoms with Crippen LogP contribution < -0.4 is 5.32 Å². The molecule has 1 saturated carbocycles. The Balaban J connectivity index is 2.10. The van der Waals surface area contributed by atoms with Crippen LogP contribution in [-0.4, -0.2) is 21.9 Å². The molecule has 20 heavy (non-hydrogen) atoms. The molecule has 1 amide bonds. The van der Waals surface area contributed by atoms with Gasteiger partial charge in [-0.2, -0.15) is 0 Å². The van der Waals surface area contributed by atoms with E-state index in [2.05, 4.69) is 10.3 Å². The van der Waals surface area contributed by atoms with Crippen LogP contribution in [0.25, 0.3) is 0 Å². The number of hydrogen-bond acceptors (Lipinski definition) is 4. The summed E-state index contributed by atoms with van der Waals surface area (Å²) in [5, 5.41) is 13.6. The van der Waals surface area contributed by atoms with Crippen molar-refractivity contribution in [2.75, 3.05) is 0 Å². The third kappa shape index (κ3) is 3.66. The molecule has 0 aliphatic heterocycles. The molecule has 2 rings (SSSR count). The average molecular weight is 298 g/mol. The van der Waals surface area contributed by atoms with Gasteiger partial charge in [-0.1, -0.05) is 31.4 Å². The Bertz CT molecular complexity index is 532. The normalized spacial score (nSPS) is 15.7. The fraction of sp³-hybridized carbons (Fsp3) is 0.538. The first-order valence-corrected chi connectivity index (χ1v) is 6.99. The number of amides is 1.